The number of hydrazone groups is 1. The van der Waals surface area contributed by atoms with E-state index in [0.29, 0.717) is 12.2 Å². The maximum atomic E-state index is 12.8. The largest absolute Gasteiger partial charge is 0.378 e. The quantitative estimate of drug-likeness (QED) is 0.432. The molecule has 1 aliphatic heterocycles. The van der Waals surface area contributed by atoms with Crippen LogP contribution in [-0.4, -0.2) is 55.4 Å². The first-order valence-corrected chi connectivity index (χ1v) is 10.3. The number of nitrogen functional groups attached to an aromatic ring is 1. The maximum Gasteiger partial charge on any atom is 0.293 e. The molecule has 3 N–H and O–H groups in total. The van der Waals surface area contributed by atoms with Crippen molar-refractivity contribution < 1.29 is 9.42 Å². The van der Waals surface area contributed by atoms with Crippen LogP contribution in [-0.2, 0) is 6.54 Å². The predicted molar refractivity (Wildman–Crippen MR) is 114 cm³/mol. The van der Waals surface area contributed by atoms with Crippen molar-refractivity contribution in [2.75, 3.05) is 18.8 Å². The number of benzene rings is 1. The highest BCUT2D eigenvalue weighted by Gasteiger charge is 2.26. The Morgan fingerprint density at radius 2 is 2.03 bits per heavy atom. The number of nitrogens with one attached hydrogen (secondary N) is 1. The Morgan fingerprint density at radius 1 is 1.26 bits per heavy atom. The van der Waals surface area contributed by atoms with Crippen LogP contribution in [0.1, 0.15) is 53.8 Å². The fourth-order valence-electron chi connectivity index (χ4n) is 3.56. The number of rotatable bonds is 7. The summed E-state index contributed by atoms with van der Waals surface area (Å²) in [6, 6.07) is 9.91. The van der Waals surface area contributed by atoms with Crippen molar-refractivity contribution in [2.24, 2.45) is 5.10 Å². The predicted octanol–water partition coefficient (Wildman–Crippen LogP) is 1.74. The van der Waals surface area contributed by atoms with Gasteiger partial charge in [0.2, 0.25) is 11.6 Å². The van der Waals surface area contributed by atoms with Crippen LogP contribution < -0.4 is 11.2 Å². The first kappa shape index (κ1) is 20.7. The van der Waals surface area contributed by atoms with E-state index in [-0.39, 0.29) is 23.2 Å². The standard InChI is InChI=1S/C20H25N9O2/c1-14(15-8-4-2-5-9-15)12-22-24-20(30)17-16(13-28-10-6-3-7-11-28)29(27-23-17)19-18(21)25-31-26-19/h2,4-5,8-9,12,14H,3,6-7,10-11,13H2,1H3,(H2,21,25)(H,24,30)/b22-12-. The van der Waals surface area contributed by atoms with Gasteiger partial charge in [-0.1, -0.05) is 48.9 Å². The first-order valence-electron chi connectivity index (χ1n) is 10.3. The number of carbonyl (C=O) groups is 1. The average molecular weight is 423 g/mol. The molecule has 31 heavy (non-hydrogen) atoms. The zero-order chi connectivity index (χ0) is 21.6. The number of hydrogen-bond donors (Lipinski definition) is 2. The normalized spacial score (nSPS) is 15.9. The summed E-state index contributed by atoms with van der Waals surface area (Å²) in [5, 5.41) is 19.7. The molecule has 0 spiro atoms. The van der Waals surface area contributed by atoms with Gasteiger partial charge in [0.25, 0.3) is 5.91 Å². The van der Waals surface area contributed by atoms with Crippen LogP contribution in [0.15, 0.2) is 40.1 Å². The molecule has 1 unspecified atom stereocenters. The number of carbonyl (C=O) groups excluding carboxylic acids is 1. The molecular weight excluding hydrogens is 398 g/mol. The van der Waals surface area contributed by atoms with E-state index in [1.807, 2.05) is 37.3 Å². The third-order valence-corrected chi connectivity index (χ3v) is 5.29. The van der Waals surface area contributed by atoms with Gasteiger partial charge in [-0.15, -0.1) is 5.10 Å². The van der Waals surface area contributed by atoms with Gasteiger partial charge in [0.1, 0.15) is 0 Å². The number of aromatic nitrogens is 5. The Labute approximate surface area is 179 Å². The molecule has 3 aromatic rings. The second-order valence-corrected chi connectivity index (χ2v) is 7.52. The number of piperidine rings is 1. The number of nitrogens with zero attached hydrogens (tertiary/aromatic N) is 7. The van der Waals surface area contributed by atoms with Crippen molar-refractivity contribution in [1.29, 1.82) is 0 Å². The van der Waals surface area contributed by atoms with Crippen molar-refractivity contribution in [3.05, 3.63) is 47.3 Å². The summed E-state index contributed by atoms with van der Waals surface area (Å²) in [4.78, 5) is 15.1. The zero-order valence-corrected chi connectivity index (χ0v) is 17.3. The van der Waals surface area contributed by atoms with Gasteiger partial charge in [-0.05, 0) is 41.8 Å². The molecule has 1 amide bonds. The number of hydrogen-bond acceptors (Lipinski definition) is 9. The molecule has 0 aliphatic carbocycles. The summed E-state index contributed by atoms with van der Waals surface area (Å²) >= 11 is 0. The second-order valence-electron chi connectivity index (χ2n) is 7.52. The minimum Gasteiger partial charge on any atom is -0.378 e. The lowest BCUT2D eigenvalue weighted by molar-refractivity contribution is 0.0947. The lowest BCUT2D eigenvalue weighted by atomic mass is 10.0. The van der Waals surface area contributed by atoms with Crippen LogP contribution in [0.2, 0.25) is 0 Å². The minimum absolute atomic E-state index is 0.0472. The summed E-state index contributed by atoms with van der Waals surface area (Å²) in [5.41, 5.74) is 10.2. The highest BCUT2D eigenvalue weighted by Crippen LogP contribution is 2.20. The molecule has 0 bridgehead atoms. The van der Waals surface area contributed by atoms with Crippen molar-refractivity contribution >= 4 is 17.9 Å². The fourth-order valence-corrected chi connectivity index (χ4v) is 3.56. The molecule has 11 heteroatoms. The highest BCUT2D eigenvalue weighted by atomic mass is 16.6. The topological polar surface area (TPSA) is 140 Å². The summed E-state index contributed by atoms with van der Waals surface area (Å²) < 4.78 is 6.10. The number of amides is 1. The monoisotopic (exact) mass is 423 g/mol. The lowest BCUT2D eigenvalue weighted by Crippen LogP contribution is -2.31. The van der Waals surface area contributed by atoms with E-state index in [1.54, 1.807) is 6.21 Å². The average Bonchev–Trinajstić information content (AvgIpc) is 3.40. The molecule has 1 atom stereocenters. The molecular formula is C20H25N9O2. The Bertz CT molecular complexity index is 1040. The van der Waals surface area contributed by atoms with Crippen LogP contribution in [0.4, 0.5) is 5.82 Å². The highest BCUT2D eigenvalue weighted by molar-refractivity contribution is 5.93. The van der Waals surface area contributed by atoms with Crippen molar-refractivity contribution in [3.63, 3.8) is 0 Å². The SMILES string of the molecule is CC(/C=N\NC(=O)c1nnn(-c2nonc2N)c1CN1CCCCC1)c1ccccc1. The van der Waals surface area contributed by atoms with E-state index < -0.39 is 5.91 Å². The Hall–Kier alpha value is -3.60. The molecule has 1 aliphatic rings. The van der Waals surface area contributed by atoms with E-state index in [1.165, 1.54) is 11.1 Å². The van der Waals surface area contributed by atoms with Gasteiger partial charge in [0.15, 0.2) is 5.69 Å². The molecule has 4 rings (SSSR count). The smallest absolute Gasteiger partial charge is 0.293 e. The summed E-state index contributed by atoms with van der Waals surface area (Å²) in [6.07, 6.45) is 5.11. The Kier molecular flexibility index (Phi) is 6.32. The van der Waals surface area contributed by atoms with Crippen LogP contribution in [0.25, 0.3) is 5.82 Å². The summed E-state index contributed by atoms with van der Waals surface area (Å²) in [6.45, 7) is 4.35. The van der Waals surface area contributed by atoms with E-state index in [9.17, 15) is 4.79 Å². The van der Waals surface area contributed by atoms with Gasteiger partial charge < -0.3 is 5.73 Å². The zero-order valence-electron chi connectivity index (χ0n) is 17.3. The Balaban J connectivity index is 1.53. The van der Waals surface area contributed by atoms with Crippen molar-refractivity contribution in [1.82, 2.24) is 35.6 Å². The van der Waals surface area contributed by atoms with Crippen molar-refractivity contribution in [2.45, 2.75) is 38.6 Å². The minimum atomic E-state index is -0.454. The maximum absolute atomic E-state index is 12.8. The molecule has 1 saturated heterocycles. The molecule has 162 valence electrons. The van der Waals surface area contributed by atoms with E-state index in [4.69, 9.17) is 10.4 Å². The molecule has 0 radical (unpaired) electrons. The van der Waals surface area contributed by atoms with Crippen LogP contribution in [0.3, 0.4) is 0 Å². The number of anilines is 1. The molecule has 1 fully saturated rings. The van der Waals surface area contributed by atoms with Gasteiger partial charge in [0.05, 0.1) is 5.69 Å². The number of nitrogens with two attached hydrogens (primary N) is 1. The van der Waals surface area contributed by atoms with Gasteiger partial charge in [0, 0.05) is 18.7 Å². The van der Waals surface area contributed by atoms with Crippen LogP contribution in [0, 0.1) is 0 Å². The van der Waals surface area contributed by atoms with E-state index in [0.717, 1.165) is 31.5 Å². The molecule has 0 saturated carbocycles. The number of likely N-dealkylation sites (tertiary alicyclic amines) is 1. The molecule has 2 aromatic heterocycles. The second kappa shape index (κ2) is 9.47. The van der Waals surface area contributed by atoms with E-state index in [2.05, 4.69) is 36.1 Å². The Morgan fingerprint density at radius 3 is 2.74 bits per heavy atom. The third kappa shape index (κ3) is 4.77. The van der Waals surface area contributed by atoms with Crippen molar-refractivity contribution in [3.8, 4) is 5.82 Å². The lowest BCUT2D eigenvalue weighted by Gasteiger charge is -2.26. The molecule has 1 aromatic carbocycles. The first-order chi connectivity index (χ1) is 15.1. The van der Waals surface area contributed by atoms with Crippen LogP contribution in [0.5, 0.6) is 0 Å². The van der Waals surface area contributed by atoms with E-state index >= 15 is 0 Å². The van der Waals surface area contributed by atoms with Gasteiger partial charge in [-0.2, -0.15) is 9.78 Å². The molecule has 3 heterocycles. The summed E-state index contributed by atoms with van der Waals surface area (Å²) in [5.74, 6) is -0.123. The summed E-state index contributed by atoms with van der Waals surface area (Å²) in [7, 11) is 0. The van der Waals surface area contributed by atoms with Crippen LogP contribution >= 0.6 is 0 Å². The fraction of sp³-hybridized carbons (Fsp3) is 0.400. The van der Waals surface area contributed by atoms with Gasteiger partial charge >= 0.3 is 0 Å². The van der Waals surface area contributed by atoms with Gasteiger partial charge in [-0.3, -0.25) is 9.69 Å². The van der Waals surface area contributed by atoms with Gasteiger partial charge in [-0.25, -0.2) is 10.1 Å². The molecule has 11 nitrogen and oxygen atoms in total. The third-order valence-electron chi connectivity index (χ3n) is 5.29.